The molecule has 1 atom stereocenters. The highest BCUT2D eigenvalue weighted by Crippen LogP contribution is 2.27. The SMILES string of the molecule is Nc1nccnc1[C@@H]1CN(CC2(O)CCOCC2)CCO1. The van der Waals surface area contributed by atoms with Gasteiger partial charge in [0.25, 0.3) is 0 Å². The summed E-state index contributed by atoms with van der Waals surface area (Å²) in [6.07, 6.45) is 4.38. The maximum Gasteiger partial charge on any atom is 0.147 e. The summed E-state index contributed by atoms with van der Waals surface area (Å²) in [5.74, 6) is 0.411. The van der Waals surface area contributed by atoms with Crippen molar-refractivity contribution in [2.75, 3.05) is 45.2 Å². The number of nitrogens with zero attached hydrogens (tertiary/aromatic N) is 3. The summed E-state index contributed by atoms with van der Waals surface area (Å²) < 4.78 is 11.1. The third kappa shape index (κ3) is 3.49. The van der Waals surface area contributed by atoms with Crippen LogP contribution in [0.25, 0.3) is 0 Å². The fraction of sp³-hybridized carbons (Fsp3) is 0.714. The first-order valence-corrected chi connectivity index (χ1v) is 7.37. The number of β-amino-alcohol motifs (C(OH)–C–C–N with tert-alkyl or cyclic N) is 1. The van der Waals surface area contributed by atoms with Crippen molar-refractivity contribution in [3.05, 3.63) is 18.1 Å². The number of rotatable bonds is 3. The largest absolute Gasteiger partial charge is 0.388 e. The van der Waals surface area contributed by atoms with Crippen LogP contribution in [0, 0.1) is 0 Å². The van der Waals surface area contributed by atoms with Gasteiger partial charge in [0, 0.05) is 58.1 Å². The lowest BCUT2D eigenvalue weighted by atomic mass is 9.93. The number of hydrogen-bond acceptors (Lipinski definition) is 7. The Morgan fingerprint density at radius 2 is 2.05 bits per heavy atom. The van der Waals surface area contributed by atoms with Crippen LogP contribution in [0.4, 0.5) is 5.82 Å². The van der Waals surface area contributed by atoms with Crippen LogP contribution in [0.15, 0.2) is 12.4 Å². The van der Waals surface area contributed by atoms with Crippen molar-refractivity contribution in [1.82, 2.24) is 14.9 Å². The van der Waals surface area contributed by atoms with Gasteiger partial charge in [-0.15, -0.1) is 0 Å². The summed E-state index contributed by atoms with van der Waals surface area (Å²) in [4.78, 5) is 10.6. The fourth-order valence-corrected chi connectivity index (χ4v) is 2.94. The van der Waals surface area contributed by atoms with E-state index in [0.29, 0.717) is 57.3 Å². The molecule has 116 valence electrons. The van der Waals surface area contributed by atoms with Gasteiger partial charge < -0.3 is 20.3 Å². The number of ether oxygens (including phenoxy) is 2. The van der Waals surface area contributed by atoms with Gasteiger partial charge >= 0.3 is 0 Å². The minimum Gasteiger partial charge on any atom is -0.388 e. The molecule has 2 aliphatic rings. The number of aliphatic hydroxyl groups is 1. The Bertz CT molecular complexity index is 479. The van der Waals surface area contributed by atoms with Crippen LogP contribution in [-0.2, 0) is 9.47 Å². The lowest BCUT2D eigenvalue weighted by molar-refractivity contribution is -0.103. The molecule has 1 aromatic rings. The van der Waals surface area contributed by atoms with Crippen molar-refractivity contribution < 1.29 is 14.6 Å². The maximum atomic E-state index is 10.6. The summed E-state index contributed by atoms with van der Waals surface area (Å²) in [6.45, 7) is 3.97. The Labute approximate surface area is 124 Å². The third-order valence-electron chi connectivity index (χ3n) is 4.15. The number of hydrogen-bond donors (Lipinski definition) is 2. The average molecular weight is 294 g/mol. The first-order valence-electron chi connectivity index (χ1n) is 7.37. The minimum absolute atomic E-state index is 0.184. The molecule has 3 heterocycles. The number of nitrogens with two attached hydrogens (primary N) is 1. The van der Waals surface area contributed by atoms with Gasteiger partial charge in [-0.25, -0.2) is 4.98 Å². The Morgan fingerprint density at radius 1 is 1.29 bits per heavy atom. The first kappa shape index (κ1) is 14.6. The molecule has 0 radical (unpaired) electrons. The molecule has 2 saturated heterocycles. The van der Waals surface area contributed by atoms with E-state index in [9.17, 15) is 5.11 Å². The van der Waals surface area contributed by atoms with Crippen LogP contribution in [-0.4, -0.2) is 65.0 Å². The van der Waals surface area contributed by atoms with Gasteiger partial charge in [0.05, 0.1) is 12.2 Å². The molecule has 21 heavy (non-hydrogen) atoms. The third-order valence-corrected chi connectivity index (χ3v) is 4.15. The van der Waals surface area contributed by atoms with Crippen molar-refractivity contribution in [3.8, 4) is 0 Å². The van der Waals surface area contributed by atoms with E-state index in [4.69, 9.17) is 15.2 Å². The second kappa shape index (κ2) is 6.23. The van der Waals surface area contributed by atoms with E-state index < -0.39 is 5.60 Å². The van der Waals surface area contributed by atoms with Gasteiger partial charge in [0.15, 0.2) is 0 Å². The smallest absolute Gasteiger partial charge is 0.147 e. The first-order chi connectivity index (χ1) is 10.2. The van der Waals surface area contributed by atoms with Crippen molar-refractivity contribution in [2.24, 2.45) is 0 Å². The zero-order valence-electron chi connectivity index (χ0n) is 12.1. The van der Waals surface area contributed by atoms with E-state index in [1.807, 2.05) is 0 Å². The normalized spacial score (nSPS) is 26.6. The quantitative estimate of drug-likeness (QED) is 0.808. The standard InChI is InChI=1S/C14H22N4O3/c15-13-12(16-3-4-17-13)11-9-18(5-8-21-11)10-14(19)1-6-20-7-2-14/h3-4,11,19H,1-2,5-10H2,(H2,15,17)/t11-/m0/s1. The summed E-state index contributed by atoms with van der Waals surface area (Å²) >= 11 is 0. The van der Waals surface area contributed by atoms with E-state index in [1.165, 1.54) is 0 Å². The van der Waals surface area contributed by atoms with Crippen molar-refractivity contribution >= 4 is 5.82 Å². The molecule has 0 aliphatic carbocycles. The second-order valence-corrected chi connectivity index (χ2v) is 5.76. The molecule has 0 saturated carbocycles. The van der Waals surface area contributed by atoms with Crippen molar-refractivity contribution in [3.63, 3.8) is 0 Å². The second-order valence-electron chi connectivity index (χ2n) is 5.76. The molecule has 0 aromatic carbocycles. The predicted octanol–water partition coefficient (Wildman–Crippen LogP) is -0.0264. The van der Waals surface area contributed by atoms with E-state index >= 15 is 0 Å². The molecular formula is C14H22N4O3. The summed E-state index contributed by atoms with van der Waals surface area (Å²) in [5, 5.41) is 10.6. The zero-order chi connectivity index (χ0) is 14.7. The van der Waals surface area contributed by atoms with Gasteiger partial charge in [-0.05, 0) is 0 Å². The summed E-state index contributed by atoms with van der Waals surface area (Å²) in [7, 11) is 0. The molecule has 7 heteroatoms. The van der Waals surface area contributed by atoms with E-state index in [-0.39, 0.29) is 6.10 Å². The molecule has 1 aromatic heterocycles. The molecule has 3 rings (SSSR count). The van der Waals surface area contributed by atoms with Crippen molar-refractivity contribution in [1.29, 1.82) is 0 Å². The Balaban J connectivity index is 1.64. The topological polar surface area (TPSA) is 93.7 Å². The highest BCUT2D eigenvalue weighted by molar-refractivity contribution is 5.35. The van der Waals surface area contributed by atoms with E-state index in [0.717, 1.165) is 6.54 Å². The highest BCUT2D eigenvalue weighted by atomic mass is 16.5. The average Bonchev–Trinajstić information content (AvgIpc) is 2.48. The molecule has 7 nitrogen and oxygen atoms in total. The summed E-state index contributed by atoms with van der Waals surface area (Å²) in [6, 6.07) is 0. The molecular weight excluding hydrogens is 272 g/mol. The van der Waals surface area contributed by atoms with Gasteiger partial charge in [0.1, 0.15) is 17.6 Å². The Hall–Kier alpha value is -1.28. The van der Waals surface area contributed by atoms with Crippen LogP contribution in [0.5, 0.6) is 0 Å². The van der Waals surface area contributed by atoms with Crippen LogP contribution in [0.3, 0.4) is 0 Å². The maximum absolute atomic E-state index is 10.6. The van der Waals surface area contributed by atoms with Crippen molar-refractivity contribution in [2.45, 2.75) is 24.5 Å². The minimum atomic E-state index is -0.659. The lowest BCUT2D eigenvalue weighted by Crippen LogP contribution is -2.50. The molecule has 0 bridgehead atoms. The molecule has 2 aliphatic heterocycles. The van der Waals surface area contributed by atoms with Crippen LogP contribution < -0.4 is 5.73 Å². The molecule has 0 unspecified atom stereocenters. The van der Waals surface area contributed by atoms with Gasteiger partial charge in [0.2, 0.25) is 0 Å². The highest BCUT2D eigenvalue weighted by Gasteiger charge is 2.34. The van der Waals surface area contributed by atoms with Gasteiger partial charge in [-0.2, -0.15) is 0 Å². The molecule has 2 fully saturated rings. The number of anilines is 1. The van der Waals surface area contributed by atoms with Crippen LogP contribution in [0.2, 0.25) is 0 Å². The fourth-order valence-electron chi connectivity index (χ4n) is 2.94. The Morgan fingerprint density at radius 3 is 2.81 bits per heavy atom. The Kier molecular flexibility index (Phi) is 4.34. The zero-order valence-corrected chi connectivity index (χ0v) is 12.1. The molecule has 3 N–H and O–H groups in total. The van der Waals surface area contributed by atoms with E-state index in [1.54, 1.807) is 12.4 Å². The van der Waals surface area contributed by atoms with Crippen LogP contribution in [0.1, 0.15) is 24.6 Å². The number of morpholine rings is 1. The number of aromatic nitrogens is 2. The van der Waals surface area contributed by atoms with Gasteiger partial charge in [-0.1, -0.05) is 0 Å². The summed E-state index contributed by atoms with van der Waals surface area (Å²) in [5.41, 5.74) is 5.89. The van der Waals surface area contributed by atoms with Gasteiger partial charge in [-0.3, -0.25) is 9.88 Å². The molecule has 0 spiro atoms. The monoisotopic (exact) mass is 294 g/mol. The predicted molar refractivity (Wildman–Crippen MR) is 76.6 cm³/mol. The van der Waals surface area contributed by atoms with Crippen LogP contribution >= 0.6 is 0 Å². The lowest BCUT2D eigenvalue weighted by Gasteiger charge is -2.40. The number of nitrogen functional groups attached to an aromatic ring is 1. The molecule has 0 amide bonds. The van der Waals surface area contributed by atoms with E-state index in [2.05, 4.69) is 14.9 Å².